The van der Waals surface area contributed by atoms with Gasteiger partial charge in [0.25, 0.3) is 11.5 Å². The third kappa shape index (κ3) is 6.77. The lowest BCUT2D eigenvalue weighted by Gasteiger charge is -2.32. The van der Waals surface area contributed by atoms with Gasteiger partial charge in [-0.15, -0.1) is 0 Å². The number of alkyl halides is 2. The molecular formula is C34H41F3N6O3S. The molecule has 2 saturated heterocycles. The standard InChI is InChI=1S/C34H41F3N6O3S/c1-23-25-6-5-7-27(29(25)35)34(36,37)11-8-24-9-16-42(17-10-24)14-3-2-4-15-43-31-26(30(41-23)39-22-40-31)20-28(32(43)44)33(21-38)12-18-47(45,46)19-13-33/h5-7,20,22-24H,2-4,8-19H2,1H3,(H,39,40,41)/t23-/m1/s1. The number of fused-ring (bicyclic) bond motifs is 9. The van der Waals surface area contributed by atoms with Gasteiger partial charge in [-0.05, 0) is 83.5 Å². The van der Waals surface area contributed by atoms with Gasteiger partial charge in [0, 0.05) is 24.1 Å². The number of rotatable bonds is 1. The Labute approximate surface area is 273 Å². The van der Waals surface area contributed by atoms with E-state index in [1.165, 1.54) is 18.5 Å². The molecule has 252 valence electrons. The maximum Gasteiger partial charge on any atom is 0.276 e. The predicted molar refractivity (Wildman–Crippen MR) is 174 cm³/mol. The first-order valence-corrected chi connectivity index (χ1v) is 18.4. The molecule has 0 aliphatic carbocycles. The van der Waals surface area contributed by atoms with Gasteiger partial charge < -0.3 is 10.2 Å². The molecule has 4 aliphatic rings. The van der Waals surface area contributed by atoms with Crippen molar-refractivity contribution < 1.29 is 21.6 Å². The quantitative estimate of drug-likeness (QED) is 0.343. The Morgan fingerprint density at radius 1 is 0.979 bits per heavy atom. The number of sulfone groups is 1. The summed E-state index contributed by atoms with van der Waals surface area (Å²) in [4.78, 5) is 25.3. The second kappa shape index (κ2) is 13.2. The van der Waals surface area contributed by atoms with Crippen LogP contribution in [0.15, 0.2) is 35.4 Å². The molecule has 1 aromatic carbocycles. The molecule has 0 amide bonds. The highest BCUT2D eigenvalue weighted by atomic mass is 32.2. The SMILES string of the molecule is C[C@H]1Nc2ncnc3c2cc(C2(C#N)CCS(=O)(=O)CC2)c(=O)n3CCCCCN2CCC(CC2)CCC(F)(F)c2cccc1c2F. The number of hydrogen-bond donors (Lipinski definition) is 1. The molecule has 9 nitrogen and oxygen atoms in total. The summed E-state index contributed by atoms with van der Waals surface area (Å²) in [5, 5.41) is 14.0. The van der Waals surface area contributed by atoms with Gasteiger partial charge in [-0.3, -0.25) is 9.36 Å². The van der Waals surface area contributed by atoms with Crippen LogP contribution in [-0.4, -0.2) is 59.0 Å². The fourth-order valence-electron chi connectivity index (χ4n) is 7.43. The summed E-state index contributed by atoms with van der Waals surface area (Å²) in [5.41, 5.74) is -1.78. The zero-order valence-corrected chi connectivity index (χ0v) is 27.5. The minimum Gasteiger partial charge on any atom is -0.363 e. The van der Waals surface area contributed by atoms with Crippen LogP contribution in [-0.2, 0) is 27.7 Å². The van der Waals surface area contributed by atoms with E-state index in [4.69, 9.17) is 0 Å². The smallest absolute Gasteiger partial charge is 0.276 e. The summed E-state index contributed by atoms with van der Waals surface area (Å²) < 4.78 is 73.1. The largest absolute Gasteiger partial charge is 0.363 e. The molecular weight excluding hydrogens is 629 g/mol. The van der Waals surface area contributed by atoms with Crippen LogP contribution in [0, 0.1) is 23.1 Å². The lowest BCUT2D eigenvalue weighted by molar-refractivity contribution is -0.0249. The monoisotopic (exact) mass is 670 g/mol. The molecule has 13 heteroatoms. The van der Waals surface area contributed by atoms with Crippen molar-refractivity contribution in [3.8, 4) is 6.07 Å². The number of aryl methyl sites for hydroxylation is 1. The van der Waals surface area contributed by atoms with Crippen molar-refractivity contribution in [1.82, 2.24) is 19.4 Å². The van der Waals surface area contributed by atoms with Crippen molar-refractivity contribution in [2.75, 3.05) is 36.5 Å². The summed E-state index contributed by atoms with van der Waals surface area (Å²) in [5.74, 6) is -4.29. The average molecular weight is 671 g/mol. The second-order valence-corrected chi connectivity index (χ2v) is 15.8. The van der Waals surface area contributed by atoms with E-state index in [0.717, 1.165) is 51.4 Å². The number of anilines is 1. The van der Waals surface area contributed by atoms with Crippen LogP contribution in [0.3, 0.4) is 0 Å². The molecule has 0 radical (unpaired) electrons. The molecule has 3 aromatic rings. The molecule has 2 fully saturated rings. The molecule has 8 bridgehead atoms. The minimum atomic E-state index is -3.33. The molecule has 0 saturated carbocycles. The summed E-state index contributed by atoms with van der Waals surface area (Å²) in [6.07, 6.45) is 5.27. The van der Waals surface area contributed by atoms with Crippen LogP contribution >= 0.6 is 0 Å². The van der Waals surface area contributed by atoms with E-state index in [1.54, 1.807) is 17.6 Å². The summed E-state index contributed by atoms with van der Waals surface area (Å²) >= 11 is 0. The molecule has 0 spiro atoms. The molecule has 6 heterocycles. The minimum absolute atomic E-state index is 0.0116. The van der Waals surface area contributed by atoms with E-state index >= 15 is 13.2 Å². The summed E-state index contributed by atoms with van der Waals surface area (Å²) in [6, 6.07) is 7.10. The lowest BCUT2D eigenvalue weighted by atomic mass is 9.77. The van der Waals surface area contributed by atoms with E-state index in [2.05, 4.69) is 26.3 Å². The fraction of sp³-hybridized carbons (Fsp3) is 0.588. The first kappa shape index (κ1) is 33.4. The zero-order valence-electron chi connectivity index (χ0n) is 26.7. The maximum atomic E-state index is 15.9. The molecule has 4 aliphatic heterocycles. The molecule has 47 heavy (non-hydrogen) atoms. The number of hydrogen-bond acceptors (Lipinski definition) is 8. The molecule has 7 rings (SSSR count). The normalized spacial score (nSPS) is 26.1. The number of benzene rings is 1. The van der Waals surface area contributed by atoms with Crippen molar-refractivity contribution in [2.45, 2.75) is 88.6 Å². The van der Waals surface area contributed by atoms with Crippen molar-refractivity contribution >= 4 is 26.7 Å². The van der Waals surface area contributed by atoms with Gasteiger partial charge in [0.15, 0.2) is 0 Å². The molecule has 0 unspecified atom stereocenters. The van der Waals surface area contributed by atoms with E-state index in [9.17, 15) is 18.5 Å². The Hall–Kier alpha value is -3.50. The Morgan fingerprint density at radius 3 is 2.43 bits per heavy atom. The molecule has 1 atom stereocenters. The Bertz CT molecular complexity index is 1840. The fourth-order valence-corrected chi connectivity index (χ4v) is 8.95. The average Bonchev–Trinajstić information content (AvgIpc) is 3.05. The van der Waals surface area contributed by atoms with Gasteiger partial charge in [0.05, 0.1) is 40.0 Å². The highest BCUT2D eigenvalue weighted by molar-refractivity contribution is 7.91. The van der Waals surface area contributed by atoms with Gasteiger partial charge in [-0.25, -0.2) is 31.6 Å². The van der Waals surface area contributed by atoms with Crippen LogP contribution in [0.4, 0.5) is 19.0 Å². The Kier molecular flexibility index (Phi) is 9.37. The molecule has 2 aromatic heterocycles. The van der Waals surface area contributed by atoms with Crippen LogP contribution in [0.5, 0.6) is 0 Å². The van der Waals surface area contributed by atoms with Crippen LogP contribution < -0.4 is 10.9 Å². The van der Waals surface area contributed by atoms with Crippen molar-refractivity contribution in [3.05, 3.63) is 63.5 Å². The van der Waals surface area contributed by atoms with Crippen molar-refractivity contribution in [3.63, 3.8) is 0 Å². The number of piperidine rings is 1. The highest BCUT2D eigenvalue weighted by Crippen LogP contribution is 2.40. The van der Waals surface area contributed by atoms with Crippen molar-refractivity contribution in [2.24, 2.45) is 5.92 Å². The lowest BCUT2D eigenvalue weighted by Crippen LogP contribution is -2.41. The summed E-state index contributed by atoms with van der Waals surface area (Å²) in [6.45, 7) is 4.53. The van der Waals surface area contributed by atoms with E-state index in [1.807, 2.05) is 0 Å². The summed E-state index contributed by atoms with van der Waals surface area (Å²) in [7, 11) is -3.33. The highest BCUT2D eigenvalue weighted by Gasteiger charge is 2.42. The Morgan fingerprint density at radius 2 is 1.70 bits per heavy atom. The number of nitrogens with zero attached hydrogens (tertiary/aromatic N) is 5. The van der Waals surface area contributed by atoms with E-state index in [0.29, 0.717) is 30.4 Å². The third-order valence-corrected chi connectivity index (χ3v) is 12.1. The molecule has 1 N–H and O–H groups in total. The van der Waals surface area contributed by atoms with Gasteiger partial charge in [0.1, 0.15) is 33.4 Å². The number of nitrogens with one attached hydrogen (secondary N) is 1. The van der Waals surface area contributed by atoms with Gasteiger partial charge in [0.2, 0.25) is 0 Å². The van der Waals surface area contributed by atoms with Crippen LogP contribution in [0.25, 0.3) is 11.0 Å². The Balaban J connectivity index is 1.45. The van der Waals surface area contributed by atoms with E-state index < -0.39 is 50.6 Å². The van der Waals surface area contributed by atoms with Crippen molar-refractivity contribution in [1.29, 1.82) is 5.26 Å². The zero-order chi connectivity index (χ0) is 33.4. The van der Waals surface area contributed by atoms with Crippen LogP contribution in [0.2, 0.25) is 0 Å². The number of halogens is 3. The number of pyridine rings is 1. The van der Waals surface area contributed by atoms with Gasteiger partial charge >= 0.3 is 0 Å². The van der Waals surface area contributed by atoms with E-state index in [-0.39, 0.29) is 47.2 Å². The van der Waals surface area contributed by atoms with Crippen LogP contribution in [0.1, 0.15) is 87.4 Å². The first-order valence-electron chi connectivity index (χ1n) is 16.6. The maximum absolute atomic E-state index is 15.9. The van der Waals surface area contributed by atoms with Gasteiger partial charge in [-0.2, -0.15) is 5.26 Å². The second-order valence-electron chi connectivity index (χ2n) is 13.5. The third-order valence-electron chi connectivity index (χ3n) is 10.5. The first-order chi connectivity index (χ1) is 22.4. The number of aromatic nitrogens is 3. The number of nitriles is 1. The predicted octanol–water partition coefficient (Wildman–Crippen LogP) is 5.84. The topological polar surface area (TPSA) is 121 Å². The van der Waals surface area contributed by atoms with Gasteiger partial charge in [-0.1, -0.05) is 24.6 Å².